The van der Waals surface area contributed by atoms with Crippen molar-refractivity contribution in [3.8, 4) is 18.1 Å². The van der Waals surface area contributed by atoms with E-state index in [9.17, 15) is 0 Å². The Balaban J connectivity index is 2.28. The van der Waals surface area contributed by atoms with Gasteiger partial charge in [-0.15, -0.1) is 6.42 Å². The van der Waals surface area contributed by atoms with Crippen LogP contribution < -0.4 is 9.22 Å². The minimum Gasteiger partial charge on any atom is -0.484 e. The molecule has 0 aromatic carbocycles. The number of rotatable bonds is 9. The standard InChI is InChI=1S/C15H23N2O3/c1-5-9-18-10-11-19-12-13-20-14-7-6-8-16-15(14)17(2,3)4/h1,6-8H,9-13H2,2-4H3/q+1. The van der Waals surface area contributed by atoms with Crippen molar-refractivity contribution in [1.82, 2.24) is 9.47 Å². The fourth-order valence-electron chi connectivity index (χ4n) is 1.56. The van der Waals surface area contributed by atoms with Crippen LogP contribution in [0.25, 0.3) is 0 Å². The molecule has 0 amide bonds. The van der Waals surface area contributed by atoms with Crippen LogP contribution in [0.1, 0.15) is 0 Å². The van der Waals surface area contributed by atoms with Gasteiger partial charge in [0, 0.05) is 6.20 Å². The van der Waals surface area contributed by atoms with E-state index in [2.05, 4.69) is 32.0 Å². The lowest BCUT2D eigenvalue weighted by atomic mass is 10.4. The molecule has 0 unspecified atom stereocenters. The smallest absolute Gasteiger partial charge is 0.269 e. The third-order valence-electron chi connectivity index (χ3n) is 2.43. The van der Waals surface area contributed by atoms with Crippen molar-refractivity contribution in [3.63, 3.8) is 0 Å². The van der Waals surface area contributed by atoms with E-state index >= 15 is 0 Å². The lowest BCUT2D eigenvalue weighted by molar-refractivity contribution is 0.0461. The Kier molecular flexibility index (Phi) is 7.02. The summed E-state index contributed by atoms with van der Waals surface area (Å²) in [5.74, 6) is 4.08. The molecule has 1 heterocycles. The molecule has 5 heteroatoms. The fraction of sp³-hybridized carbons (Fsp3) is 0.533. The quantitative estimate of drug-likeness (QED) is 0.388. The van der Waals surface area contributed by atoms with Crippen molar-refractivity contribution in [3.05, 3.63) is 18.3 Å². The van der Waals surface area contributed by atoms with E-state index in [1.165, 1.54) is 0 Å². The maximum absolute atomic E-state index is 5.72. The van der Waals surface area contributed by atoms with Crippen molar-refractivity contribution in [2.75, 3.05) is 54.2 Å². The molecule has 0 aliphatic carbocycles. The molecule has 0 spiro atoms. The number of pyridine rings is 1. The fourth-order valence-corrected chi connectivity index (χ4v) is 1.56. The van der Waals surface area contributed by atoms with Crippen molar-refractivity contribution in [2.24, 2.45) is 0 Å². The molecule has 0 atom stereocenters. The summed E-state index contributed by atoms with van der Waals surface area (Å²) < 4.78 is 16.8. The summed E-state index contributed by atoms with van der Waals surface area (Å²) >= 11 is 0. The Morgan fingerprint density at radius 3 is 2.55 bits per heavy atom. The third-order valence-corrected chi connectivity index (χ3v) is 2.43. The summed E-state index contributed by atoms with van der Waals surface area (Å²) in [4.78, 5) is 4.37. The molecule has 0 aliphatic rings. The van der Waals surface area contributed by atoms with Crippen molar-refractivity contribution in [1.29, 1.82) is 0 Å². The van der Waals surface area contributed by atoms with Gasteiger partial charge in [-0.1, -0.05) is 5.92 Å². The number of quaternary nitrogens is 1. The van der Waals surface area contributed by atoms with E-state index in [4.69, 9.17) is 20.6 Å². The highest BCUT2D eigenvalue weighted by atomic mass is 16.5. The molecule has 110 valence electrons. The van der Waals surface area contributed by atoms with Gasteiger partial charge in [-0.3, -0.25) is 4.48 Å². The molecule has 1 aromatic rings. The maximum Gasteiger partial charge on any atom is 0.269 e. The Morgan fingerprint density at radius 1 is 1.15 bits per heavy atom. The van der Waals surface area contributed by atoms with E-state index in [1.54, 1.807) is 6.20 Å². The highest BCUT2D eigenvalue weighted by Gasteiger charge is 2.19. The van der Waals surface area contributed by atoms with Crippen LogP contribution in [0.5, 0.6) is 5.75 Å². The van der Waals surface area contributed by atoms with Gasteiger partial charge in [-0.2, -0.15) is 0 Å². The minimum atomic E-state index is 0.322. The predicted octanol–water partition coefficient (Wildman–Crippen LogP) is 1.32. The van der Waals surface area contributed by atoms with E-state index in [0.717, 1.165) is 11.6 Å². The summed E-state index contributed by atoms with van der Waals surface area (Å²) in [7, 11) is 6.15. The van der Waals surface area contributed by atoms with Crippen molar-refractivity contribution >= 4 is 5.82 Å². The van der Waals surface area contributed by atoms with Crippen molar-refractivity contribution < 1.29 is 14.2 Å². The van der Waals surface area contributed by atoms with E-state index < -0.39 is 0 Å². The second-order valence-corrected chi connectivity index (χ2v) is 5.06. The molecule has 0 saturated carbocycles. The van der Waals surface area contributed by atoms with E-state index in [1.807, 2.05) is 12.1 Å². The molecule has 20 heavy (non-hydrogen) atoms. The van der Waals surface area contributed by atoms with Gasteiger partial charge in [0.15, 0.2) is 0 Å². The zero-order chi connectivity index (χ0) is 14.8. The number of aromatic nitrogens is 1. The molecule has 0 radical (unpaired) electrons. The van der Waals surface area contributed by atoms with Crippen LogP contribution in [0.3, 0.4) is 0 Å². The molecular weight excluding hydrogens is 256 g/mol. The van der Waals surface area contributed by atoms with Crippen LogP contribution in [0.4, 0.5) is 5.82 Å². The molecule has 0 N–H and O–H groups in total. The molecule has 0 saturated heterocycles. The first-order chi connectivity index (χ1) is 9.55. The van der Waals surface area contributed by atoms with Crippen LogP contribution in [-0.2, 0) is 9.47 Å². The van der Waals surface area contributed by atoms with E-state index in [-0.39, 0.29) is 0 Å². The van der Waals surface area contributed by atoms with Gasteiger partial charge < -0.3 is 14.2 Å². The minimum absolute atomic E-state index is 0.322. The van der Waals surface area contributed by atoms with Crippen molar-refractivity contribution in [2.45, 2.75) is 0 Å². The summed E-state index contributed by atoms with van der Waals surface area (Å²) in [5, 5.41) is 0. The largest absolute Gasteiger partial charge is 0.484 e. The van der Waals surface area contributed by atoms with Gasteiger partial charge in [-0.25, -0.2) is 4.98 Å². The summed E-state index contributed by atoms with van der Waals surface area (Å²) in [6, 6.07) is 3.78. The third kappa shape index (κ3) is 6.02. The molecule has 0 fully saturated rings. The highest BCUT2D eigenvalue weighted by molar-refractivity contribution is 5.47. The SMILES string of the molecule is C#CCOCCOCCOc1cccnc1[N+](C)(C)C. The lowest BCUT2D eigenvalue weighted by Gasteiger charge is -2.23. The summed E-state index contributed by atoms with van der Waals surface area (Å²) in [5.41, 5.74) is 0. The number of hydrogen-bond acceptors (Lipinski definition) is 4. The van der Waals surface area contributed by atoms with Gasteiger partial charge >= 0.3 is 0 Å². The van der Waals surface area contributed by atoms with Crippen LogP contribution in [0.15, 0.2) is 18.3 Å². The maximum atomic E-state index is 5.72. The molecule has 0 aliphatic heterocycles. The average molecular weight is 279 g/mol. The Bertz CT molecular complexity index is 435. The number of ether oxygens (including phenoxy) is 3. The number of hydrogen-bond donors (Lipinski definition) is 0. The first kappa shape index (κ1) is 16.4. The van der Waals surface area contributed by atoms with Gasteiger partial charge in [0.1, 0.15) is 13.2 Å². The second kappa shape index (κ2) is 8.54. The summed E-state index contributed by atoms with van der Waals surface area (Å²) in [6.45, 7) is 2.32. The number of nitrogens with zero attached hydrogens (tertiary/aromatic N) is 2. The molecule has 1 aromatic heterocycles. The van der Waals surface area contributed by atoms with Crippen LogP contribution in [-0.4, -0.2) is 59.2 Å². The van der Waals surface area contributed by atoms with E-state index in [0.29, 0.717) is 37.5 Å². The lowest BCUT2D eigenvalue weighted by Crippen LogP contribution is -2.36. The molecule has 1 rings (SSSR count). The monoisotopic (exact) mass is 279 g/mol. The first-order valence-electron chi connectivity index (χ1n) is 6.54. The normalized spacial score (nSPS) is 11.1. The zero-order valence-electron chi connectivity index (χ0n) is 12.5. The second-order valence-electron chi connectivity index (χ2n) is 5.06. The van der Waals surface area contributed by atoms with Crippen LogP contribution >= 0.6 is 0 Å². The highest BCUT2D eigenvalue weighted by Crippen LogP contribution is 2.26. The van der Waals surface area contributed by atoms with Gasteiger partial charge in [0.2, 0.25) is 5.75 Å². The Hall–Kier alpha value is -1.61. The topological polar surface area (TPSA) is 40.6 Å². The van der Waals surface area contributed by atoms with Gasteiger partial charge in [0.25, 0.3) is 5.82 Å². The van der Waals surface area contributed by atoms with Gasteiger partial charge in [0.05, 0.1) is 41.0 Å². The molecular formula is C15H23N2O3+. The van der Waals surface area contributed by atoms with Crippen LogP contribution in [0.2, 0.25) is 0 Å². The first-order valence-corrected chi connectivity index (χ1v) is 6.54. The molecule has 0 bridgehead atoms. The number of terminal acetylenes is 1. The van der Waals surface area contributed by atoms with Crippen LogP contribution in [0, 0.1) is 12.3 Å². The zero-order valence-corrected chi connectivity index (χ0v) is 12.5. The van der Waals surface area contributed by atoms with Gasteiger partial charge in [-0.05, 0) is 12.1 Å². The predicted molar refractivity (Wildman–Crippen MR) is 79.8 cm³/mol. The summed E-state index contributed by atoms with van der Waals surface area (Å²) in [6.07, 6.45) is 6.83. The molecule has 5 nitrogen and oxygen atoms in total. The average Bonchev–Trinajstić information content (AvgIpc) is 2.41. The Labute approximate surface area is 121 Å². The Morgan fingerprint density at radius 2 is 1.85 bits per heavy atom.